The van der Waals surface area contributed by atoms with E-state index in [2.05, 4.69) is 5.32 Å². The van der Waals surface area contributed by atoms with Gasteiger partial charge in [-0.25, -0.2) is 8.42 Å². The first-order valence-electron chi connectivity index (χ1n) is 9.95. The number of carbonyl (C=O) groups is 1. The van der Waals surface area contributed by atoms with Crippen LogP contribution in [0.4, 0.5) is 0 Å². The summed E-state index contributed by atoms with van der Waals surface area (Å²) in [6, 6.07) is 18.2. The quantitative estimate of drug-likeness (QED) is 0.739. The largest absolute Gasteiger partial charge is 0.355 e. The zero-order valence-corrected chi connectivity index (χ0v) is 16.9. The van der Waals surface area contributed by atoms with Crippen molar-refractivity contribution in [3.8, 4) is 0 Å². The van der Waals surface area contributed by atoms with E-state index in [9.17, 15) is 13.2 Å². The maximum atomic E-state index is 13.2. The molecule has 0 aromatic heterocycles. The first-order chi connectivity index (χ1) is 13.6. The lowest BCUT2D eigenvalue weighted by Crippen LogP contribution is -2.47. The second kappa shape index (κ2) is 9.85. The molecule has 0 atom stereocenters. The van der Waals surface area contributed by atoms with E-state index in [4.69, 9.17) is 0 Å². The van der Waals surface area contributed by atoms with E-state index in [0.29, 0.717) is 6.54 Å². The first kappa shape index (κ1) is 20.6. The van der Waals surface area contributed by atoms with E-state index in [1.165, 1.54) is 4.31 Å². The van der Waals surface area contributed by atoms with Gasteiger partial charge in [-0.05, 0) is 37.0 Å². The molecule has 0 aliphatic heterocycles. The van der Waals surface area contributed by atoms with Gasteiger partial charge in [0.15, 0.2) is 0 Å². The molecule has 1 fully saturated rings. The lowest BCUT2D eigenvalue weighted by molar-refractivity contribution is -0.121. The summed E-state index contributed by atoms with van der Waals surface area (Å²) >= 11 is 0. The Balaban J connectivity index is 1.67. The predicted molar refractivity (Wildman–Crippen MR) is 110 cm³/mol. The number of nitrogens with one attached hydrogen (secondary N) is 1. The molecule has 1 amide bonds. The van der Waals surface area contributed by atoms with Crippen molar-refractivity contribution < 1.29 is 13.2 Å². The molecule has 1 aliphatic carbocycles. The highest BCUT2D eigenvalue weighted by atomic mass is 32.2. The van der Waals surface area contributed by atoms with Crippen LogP contribution < -0.4 is 5.32 Å². The van der Waals surface area contributed by atoms with Crippen LogP contribution in [0.15, 0.2) is 65.6 Å². The maximum absolute atomic E-state index is 13.2. The molecule has 0 unspecified atom stereocenters. The topological polar surface area (TPSA) is 66.5 Å². The van der Waals surface area contributed by atoms with Crippen LogP contribution in [0.2, 0.25) is 0 Å². The minimum atomic E-state index is -3.70. The Bertz CT molecular complexity index is 848. The fourth-order valence-corrected chi connectivity index (χ4v) is 5.36. The number of amides is 1. The van der Waals surface area contributed by atoms with Gasteiger partial charge in [0, 0.05) is 12.6 Å². The van der Waals surface area contributed by atoms with Crippen molar-refractivity contribution in [3.63, 3.8) is 0 Å². The highest BCUT2D eigenvalue weighted by molar-refractivity contribution is 7.89. The van der Waals surface area contributed by atoms with Gasteiger partial charge in [-0.1, -0.05) is 67.8 Å². The van der Waals surface area contributed by atoms with E-state index >= 15 is 0 Å². The Hall–Kier alpha value is -2.18. The Morgan fingerprint density at radius 2 is 1.54 bits per heavy atom. The Morgan fingerprint density at radius 1 is 0.929 bits per heavy atom. The molecule has 0 saturated heterocycles. The highest BCUT2D eigenvalue weighted by Crippen LogP contribution is 2.27. The average Bonchev–Trinajstić information content (AvgIpc) is 2.74. The number of hydrogen-bond donors (Lipinski definition) is 1. The predicted octanol–water partition coefficient (Wildman–Crippen LogP) is 3.37. The zero-order valence-electron chi connectivity index (χ0n) is 16.1. The molecule has 0 bridgehead atoms. The van der Waals surface area contributed by atoms with Crippen LogP contribution in [-0.4, -0.2) is 37.8 Å². The van der Waals surface area contributed by atoms with Gasteiger partial charge in [0.1, 0.15) is 0 Å². The summed E-state index contributed by atoms with van der Waals surface area (Å²) in [7, 11) is -3.70. The van der Waals surface area contributed by atoms with Crippen LogP contribution in [0, 0.1) is 0 Å². The zero-order chi connectivity index (χ0) is 19.8. The minimum absolute atomic E-state index is 0.112. The van der Waals surface area contributed by atoms with Gasteiger partial charge in [-0.2, -0.15) is 4.31 Å². The summed E-state index contributed by atoms with van der Waals surface area (Å²) in [5.74, 6) is -0.249. The van der Waals surface area contributed by atoms with Gasteiger partial charge >= 0.3 is 0 Å². The van der Waals surface area contributed by atoms with Crippen LogP contribution in [0.5, 0.6) is 0 Å². The van der Waals surface area contributed by atoms with Crippen molar-refractivity contribution in [2.75, 3.05) is 13.1 Å². The summed E-state index contributed by atoms with van der Waals surface area (Å²) in [6.07, 6.45) is 5.47. The van der Waals surface area contributed by atoms with Crippen molar-refractivity contribution >= 4 is 15.9 Å². The van der Waals surface area contributed by atoms with Crippen LogP contribution in [-0.2, 0) is 21.2 Å². The van der Waals surface area contributed by atoms with E-state index in [1.807, 2.05) is 30.3 Å². The molecule has 5 nitrogen and oxygen atoms in total. The van der Waals surface area contributed by atoms with Crippen molar-refractivity contribution in [2.24, 2.45) is 0 Å². The molecule has 2 aromatic carbocycles. The molecular weight excluding hydrogens is 372 g/mol. The molecule has 0 radical (unpaired) electrons. The molecule has 6 heteroatoms. The first-order valence-corrected chi connectivity index (χ1v) is 11.4. The number of hydrogen-bond acceptors (Lipinski definition) is 3. The lowest BCUT2D eigenvalue weighted by Gasteiger charge is -2.33. The third-order valence-corrected chi connectivity index (χ3v) is 7.12. The van der Waals surface area contributed by atoms with Gasteiger partial charge in [0.05, 0.1) is 11.4 Å². The van der Waals surface area contributed by atoms with Gasteiger partial charge in [-0.3, -0.25) is 4.79 Å². The van der Waals surface area contributed by atoms with Gasteiger partial charge in [0.2, 0.25) is 15.9 Å². The van der Waals surface area contributed by atoms with Crippen LogP contribution in [0.3, 0.4) is 0 Å². The Labute approximate surface area is 167 Å². The number of nitrogens with zero attached hydrogens (tertiary/aromatic N) is 1. The molecular formula is C22H28N2O3S. The SMILES string of the molecule is O=C(CN(C1CCCCC1)S(=O)(=O)c1ccccc1)NCCc1ccccc1. The molecule has 1 aliphatic rings. The monoisotopic (exact) mass is 400 g/mol. The second-order valence-corrected chi connectivity index (χ2v) is 9.13. The fourth-order valence-electron chi connectivity index (χ4n) is 3.70. The van der Waals surface area contributed by atoms with Crippen LogP contribution >= 0.6 is 0 Å². The standard InChI is InChI=1S/C22H28N2O3S/c25-22(23-17-16-19-10-4-1-5-11-19)18-24(20-12-6-2-7-13-20)28(26,27)21-14-8-3-9-15-21/h1,3-5,8-11,14-15,20H,2,6-7,12-13,16-18H2,(H,23,25). The van der Waals surface area contributed by atoms with Gasteiger partial charge in [-0.15, -0.1) is 0 Å². The van der Waals surface area contributed by atoms with Gasteiger partial charge < -0.3 is 5.32 Å². The molecule has 1 N–H and O–H groups in total. The number of rotatable bonds is 8. The Morgan fingerprint density at radius 3 is 2.18 bits per heavy atom. The molecule has 150 valence electrons. The maximum Gasteiger partial charge on any atom is 0.243 e. The number of sulfonamides is 1. The van der Waals surface area contributed by atoms with Crippen molar-refractivity contribution in [1.29, 1.82) is 0 Å². The van der Waals surface area contributed by atoms with Gasteiger partial charge in [0.25, 0.3) is 0 Å². The third kappa shape index (κ3) is 5.42. The van der Waals surface area contributed by atoms with E-state index in [1.54, 1.807) is 30.3 Å². The number of benzene rings is 2. The van der Waals surface area contributed by atoms with E-state index in [-0.39, 0.29) is 23.4 Å². The van der Waals surface area contributed by atoms with E-state index < -0.39 is 10.0 Å². The summed E-state index contributed by atoms with van der Waals surface area (Å²) in [6.45, 7) is 0.365. The molecule has 2 aromatic rings. The number of carbonyl (C=O) groups excluding carboxylic acids is 1. The van der Waals surface area contributed by atoms with Crippen LogP contribution in [0.25, 0.3) is 0 Å². The highest BCUT2D eigenvalue weighted by Gasteiger charge is 2.33. The summed E-state index contributed by atoms with van der Waals surface area (Å²) < 4.78 is 27.8. The summed E-state index contributed by atoms with van der Waals surface area (Å²) in [5, 5.41) is 2.88. The van der Waals surface area contributed by atoms with Crippen molar-refractivity contribution in [1.82, 2.24) is 9.62 Å². The normalized spacial score (nSPS) is 15.5. The van der Waals surface area contributed by atoms with E-state index in [0.717, 1.165) is 44.1 Å². The molecule has 0 spiro atoms. The summed E-state index contributed by atoms with van der Waals surface area (Å²) in [5.41, 5.74) is 1.14. The third-order valence-electron chi connectivity index (χ3n) is 5.21. The second-order valence-electron chi connectivity index (χ2n) is 7.24. The van der Waals surface area contributed by atoms with Crippen molar-refractivity contribution in [2.45, 2.75) is 49.5 Å². The summed E-state index contributed by atoms with van der Waals surface area (Å²) in [4.78, 5) is 12.8. The molecule has 1 saturated carbocycles. The Kier molecular flexibility index (Phi) is 7.23. The average molecular weight is 401 g/mol. The molecule has 3 rings (SSSR count). The smallest absolute Gasteiger partial charge is 0.243 e. The fraction of sp³-hybridized carbons (Fsp3) is 0.409. The minimum Gasteiger partial charge on any atom is -0.355 e. The lowest BCUT2D eigenvalue weighted by atomic mass is 9.95. The molecule has 28 heavy (non-hydrogen) atoms. The van der Waals surface area contributed by atoms with Crippen molar-refractivity contribution in [3.05, 3.63) is 66.2 Å². The van der Waals surface area contributed by atoms with Crippen LogP contribution in [0.1, 0.15) is 37.7 Å². The molecule has 0 heterocycles.